The van der Waals surface area contributed by atoms with Crippen molar-refractivity contribution in [2.24, 2.45) is 11.7 Å². The number of hydrogen-bond acceptors (Lipinski definition) is 4. The molecule has 0 saturated heterocycles. The van der Waals surface area contributed by atoms with Crippen LogP contribution in [0.1, 0.15) is 6.92 Å². The molecule has 1 amide bonds. The van der Waals surface area contributed by atoms with E-state index in [9.17, 15) is 18.0 Å². The molecule has 1 aromatic carbocycles. The SMILES string of the molecule is CC(CN)CNC(=O)COc1ccccc1OCC(F)(F)F. The number of halogens is 3. The number of nitrogens with one attached hydrogen (secondary N) is 1. The Balaban J connectivity index is 2.50. The predicted octanol–water partition coefficient (Wildman–Crippen LogP) is 1.72. The fourth-order valence-electron chi connectivity index (χ4n) is 1.41. The first kappa shape index (κ1) is 18.1. The van der Waals surface area contributed by atoms with Crippen molar-refractivity contribution in [3.05, 3.63) is 24.3 Å². The lowest BCUT2D eigenvalue weighted by Gasteiger charge is -2.14. The normalized spacial score (nSPS) is 12.6. The maximum absolute atomic E-state index is 12.2. The van der Waals surface area contributed by atoms with Gasteiger partial charge >= 0.3 is 6.18 Å². The maximum Gasteiger partial charge on any atom is 0.422 e. The summed E-state index contributed by atoms with van der Waals surface area (Å²) in [5.74, 6) is -0.242. The summed E-state index contributed by atoms with van der Waals surface area (Å²) in [6.07, 6.45) is -4.44. The minimum Gasteiger partial charge on any atom is -0.480 e. The number of para-hydroxylation sites is 2. The first-order chi connectivity index (χ1) is 10.3. The molecule has 0 bridgehead atoms. The fraction of sp³-hybridized carbons (Fsp3) is 0.500. The monoisotopic (exact) mass is 320 g/mol. The van der Waals surface area contributed by atoms with E-state index in [1.54, 1.807) is 6.07 Å². The van der Waals surface area contributed by atoms with E-state index in [2.05, 4.69) is 10.1 Å². The Labute approximate surface area is 126 Å². The second-order valence-corrected chi connectivity index (χ2v) is 4.78. The van der Waals surface area contributed by atoms with Crippen LogP contribution >= 0.6 is 0 Å². The van der Waals surface area contributed by atoms with Gasteiger partial charge in [-0.05, 0) is 24.6 Å². The van der Waals surface area contributed by atoms with Crippen LogP contribution in [0.5, 0.6) is 11.5 Å². The van der Waals surface area contributed by atoms with E-state index in [-0.39, 0.29) is 29.9 Å². The van der Waals surface area contributed by atoms with Gasteiger partial charge in [0.15, 0.2) is 24.7 Å². The Morgan fingerprint density at radius 3 is 2.41 bits per heavy atom. The molecule has 22 heavy (non-hydrogen) atoms. The minimum absolute atomic E-state index is 0.0667. The number of carbonyl (C=O) groups excluding carboxylic acids is 1. The molecule has 1 atom stereocenters. The Hall–Kier alpha value is -1.96. The number of rotatable bonds is 8. The lowest BCUT2D eigenvalue weighted by atomic mass is 10.2. The van der Waals surface area contributed by atoms with Crippen LogP contribution in [0.3, 0.4) is 0 Å². The first-order valence-corrected chi connectivity index (χ1v) is 6.70. The molecule has 3 N–H and O–H groups in total. The molecule has 1 rings (SSSR count). The zero-order valence-electron chi connectivity index (χ0n) is 12.2. The Bertz CT molecular complexity index is 481. The second-order valence-electron chi connectivity index (χ2n) is 4.78. The number of nitrogens with two attached hydrogens (primary N) is 1. The molecular weight excluding hydrogens is 301 g/mol. The van der Waals surface area contributed by atoms with E-state index in [0.29, 0.717) is 13.1 Å². The third kappa shape index (κ3) is 7.16. The van der Waals surface area contributed by atoms with Gasteiger partial charge in [0.1, 0.15) is 0 Å². The largest absolute Gasteiger partial charge is 0.480 e. The third-order valence-corrected chi connectivity index (χ3v) is 2.65. The van der Waals surface area contributed by atoms with Gasteiger partial charge in [-0.2, -0.15) is 13.2 Å². The Kier molecular flexibility index (Phi) is 6.97. The molecule has 0 aliphatic carbocycles. The van der Waals surface area contributed by atoms with E-state index in [1.165, 1.54) is 18.2 Å². The number of alkyl halides is 3. The van der Waals surface area contributed by atoms with Crippen LogP contribution in [0.2, 0.25) is 0 Å². The van der Waals surface area contributed by atoms with Crippen molar-refractivity contribution in [1.82, 2.24) is 5.32 Å². The van der Waals surface area contributed by atoms with Gasteiger partial charge in [-0.25, -0.2) is 0 Å². The Morgan fingerprint density at radius 2 is 1.86 bits per heavy atom. The predicted molar refractivity (Wildman–Crippen MR) is 74.7 cm³/mol. The molecule has 0 fully saturated rings. The molecule has 1 unspecified atom stereocenters. The average molecular weight is 320 g/mol. The zero-order chi connectivity index (χ0) is 16.6. The van der Waals surface area contributed by atoms with Crippen molar-refractivity contribution in [2.45, 2.75) is 13.1 Å². The van der Waals surface area contributed by atoms with E-state index < -0.39 is 12.8 Å². The standard InChI is InChI=1S/C14H19F3N2O3/c1-10(6-18)7-19-13(20)8-21-11-4-2-3-5-12(11)22-9-14(15,16)17/h2-5,10H,6-9,18H2,1H3,(H,19,20). The Morgan fingerprint density at radius 1 is 1.27 bits per heavy atom. The molecule has 8 heteroatoms. The summed E-state index contributed by atoms with van der Waals surface area (Å²) in [4.78, 5) is 11.6. The molecule has 0 radical (unpaired) electrons. The van der Waals surface area contributed by atoms with Crippen LogP contribution in [0.15, 0.2) is 24.3 Å². The van der Waals surface area contributed by atoms with Gasteiger partial charge in [0.25, 0.3) is 5.91 Å². The summed E-state index contributed by atoms with van der Waals surface area (Å²) in [6.45, 7) is 0.985. The molecular formula is C14H19F3N2O3. The summed E-state index contributed by atoms with van der Waals surface area (Å²) in [5, 5.41) is 2.61. The number of carbonyl (C=O) groups is 1. The maximum atomic E-state index is 12.2. The van der Waals surface area contributed by atoms with Gasteiger partial charge in [-0.15, -0.1) is 0 Å². The lowest BCUT2D eigenvalue weighted by Crippen LogP contribution is -2.34. The molecule has 0 aliphatic heterocycles. The number of benzene rings is 1. The van der Waals surface area contributed by atoms with Crippen LogP contribution in [0, 0.1) is 5.92 Å². The summed E-state index contributed by atoms with van der Waals surface area (Å²) in [7, 11) is 0. The number of ether oxygens (including phenoxy) is 2. The summed E-state index contributed by atoms with van der Waals surface area (Å²) >= 11 is 0. The van der Waals surface area contributed by atoms with Gasteiger partial charge in [-0.3, -0.25) is 4.79 Å². The van der Waals surface area contributed by atoms with Crippen LogP contribution in [0.25, 0.3) is 0 Å². The van der Waals surface area contributed by atoms with Crippen molar-refractivity contribution in [3.63, 3.8) is 0 Å². The van der Waals surface area contributed by atoms with E-state index in [0.717, 1.165) is 0 Å². The lowest BCUT2D eigenvalue weighted by molar-refractivity contribution is -0.153. The molecule has 0 aromatic heterocycles. The van der Waals surface area contributed by atoms with E-state index in [1.807, 2.05) is 6.92 Å². The van der Waals surface area contributed by atoms with Crippen molar-refractivity contribution in [1.29, 1.82) is 0 Å². The quantitative estimate of drug-likeness (QED) is 0.765. The van der Waals surface area contributed by atoms with Gasteiger partial charge in [0.2, 0.25) is 0 Å². The van der Waals surface area contributed by atoms with Crippen LogP contribution in [-0.4, -0.2) is 38.4 Å². The fourth-order valence-corrected chi connectivity index (χ4v) is 1.41. The molecule has 0 heterocycles. The topological polar surface area (TPSA) is 73.6 Å². The highest BCUT2D eigenvalue weighted by molar-refractivity contribution is 5.77. The highest BCUT2D eigenvalue weighted by atomic mass is 19.4. The van der Waals surface area contributed by atoms with Crippen molar-refractivity contribution < 1.29 is 27.4 Å². The van der Waals surface area contributed by atoms with Crippen LogP contribution < -0.4 is 20.5 Å². The highest BCUT2D eigenvalue weighted by Gasteiger charge is 2.29. The van der Waals surface area contributed by atoms with Gasteiger partial charge < -0.3 is 20.5 Å². The number of amides is 1. The smallest absolute Gasteiger partial charge is 0.422 e. The molecule has 0 aliphatic rings. The molecule has 1 aromatic rings. The first-order valence-electron chi connectivity index (χ1n) is 6.70. The van der Waals surface area contributed by atoms with Crippen LogP contribution in [-0.2, 0) is 4.79 Å². The zero-order valence-corrected chi connectivity index (χ0v) is 12.2. The average Bonchev–Trinajstić information content (AvgIpc) is 2.48. The molecule has 0 spiro atoms. The van der Waals surface area contributed by atoms with Gasteiger partial charge in [-0.1, -0.05) is 19.1 Å². The van der Waals surface area contributed by atoms with Crippen molar-refractivity contribution in [3.8, 4) is 11.5 Å². The van der Waals surface area contributed by atoms with E-state index >= 15 is 0 Å². The number of hydrogen-bond donors (Lipinski definition) is 2. The van der Waals surface area contributed by atoms with E-state index in [4.69, 9.17) is 10.5 Å². The second kappa shape index (κ2) is 8.47. The van der Waals surface area contributed by atoms with Crippen LogP contribution in [0.4, 0.5) is 13.2 Å². The summed E-state index contributed by atoms with van der Waals surface area (Å²) < 4.78 is 46.3. The summed E-state index contributed by atoms with van der Waals surface area (Å²) in [6, 6.07) is 5.86. The summed E-state index contributed by atoms with van der Waals surface area (Å²) in [5.41, 5.74) is 5.42. The third-order valence-electron chi connectivity index (χ3n) is 2.65. The molecule has 124 valence electrons. The van der Waals surface area contributed by atoms with Gasteiger partial charge in [0, 0.05) is 6.54 Å². The minimum atomic E-state index is -4.44. The van der Waals surface area contributed by atoms with Crippen molar-refractivity contribution >= 4 is 5.91 Å². The van der Waals surface area contributed by atoms with Gasteiger partial charge in [0.05, 0.1) is 0 Å². The molecule has 0 saturated carbocycles. The van der Waals surface area contributed by atoms with Crippen molar-refractivity contribution in [2.75, 3.05) is 26.3 Å². The highest BCUT2D eigenvalue weighted by Crippen LogP contribution is 2.28. The molecule has 5 nitrogen and oxygen atoms in total.